The van der Waals surface area contributed by atoms with Crippen LogP contribution in [0.1, 0.15) is 16.1 Å². The minimum absolute atomic E-state index is 0.212. The Kier molecular flexibility index (Phi) is 5.42. The number of carbonyl (C=O) groups is 1. The molecule has 0 aliphatic carbocycles. The number of nitrogens with one attached hydrogen (secondary N) is 1. The van der Waals surface area contributed by atoms with Gasteiger partial charge in [-0.2, -0.15) is 4.98 Å². The maximum Gasteiger partial charge on any atom is 0.271 e. The highest BCUT2D eigenvalue weighted by atomic mass is 19.1. The Balaban J connectivity index is 1.36. The molecule has 3 heterocycles. The van der Waals surface area contributed by atoms with Crippen LogP contribution in [0.15, 0.2) is 90.0 Å². The molecule has 0 aliphatic rings. The molecular formula is C24H17FN6O2. The number of carbonyl (C=O) groups excluding carboxylic acids is 1. The summed E-state index contributed by atoms with van der Waals surface area (Å²) in [7, 11) is 0. The van der Waals surface area contributed by atoms with E-state index in [4.69, 9.17) is 4.52 Å². The fourth-order valence-corrected chi connectivity index (χ4v) is 3.24. The summed E-state index contributed by atoms with van der Waals surface area (Å²) in [6, 6.07) is 19.0. The molecule has 9 heteroatoms. The molecule has 5 rings (SSSR count). The number of halogens is 1. The summed E-state index contributed by atoms with van der Waals surface area (Å²) in [6.07, 6.45) is 4.69. The molecule has 0 radical (unpaired) electrons. The number of pyridine rings is 1. The molecule has 33 heavy (non-hydrogen) atoms. The first-order chi connectivity index (χ1) is 16.2. The molecule has 0 aliphatic heterocycles. The van der Waals surface area contributed by atoms with Gasteiger partial charge in [-0.15, -0.1) is 0 Å². The van der Waals surface area contributed by atoms with Gasteiger partial charge >= 0.3 is 0 Å². The molecule has 162 valence electrons. The van der Waals surface area contributed by atoms with Crippen LogP contribution in [0.4, 0.5) is 4.39 Å². The first-order valence-corrected chi connectivity index (χ1v) is 10.1. The van der Waals surface area contributed by atoms with Gasteiger partial charge in [0, 0.05) is 24.5 Å². The van der Waals surface area contributed by atoms with E-state index in [9.17, 15) is 9.18 Å². The Morgan fingerprint density at radius 2 is 1.82 bits per heavy atom. The molecule has 0 unspecified atom stereocenters. The lowest BCUT2D eigenvalue weighted by atomic mass is 10.2. The molecule has 8 nitrogen and oxygen atoms in total. The summed E-state index contributed by atoms with van der Waals surface area (Å²) in [4.78, 5) is 25.6. The smallest absolute Gasteiger partial charge is 0.271 e. The molecule has 1 amide bonds. The van der Waals surface area contributed by atoms with Crippen molar-refractivity contribution in [2.24, 2.45) is 0 Å². The fraction of sp³-hybridized carbons (Fsp3) is 0.0417. The van der Waals surface area contributed by atoms with Crippen molar-refractivity contribution in [2.45, 2.75) is 6.54 Å². The number of hydrogen-bond acceptors (Lipinski definition) is 6. The van der Waals surface area contributed by atoms with Gasteiger partial charge in [-0.25, -0.2) is 14.4 Å². The van der Waals surface area contributed by atoms with Gasteiger partial charge in [-0.3, -0.25) is 9.36 Å². The maximum atomic E-state index is 13.0. The van der Waals surface area contributed by atoms with Crippen LogP contribution in [-0.2, 0) is 6.54 Å². The van der Waals surface area contributed by atoms with Gasteiger partial charge in [-0.05, 0) is 29.8 Å². The monoisotopic (exact) mass is 440 g/mol. The van der Waals surface area contributed by atoms with E-state index in [1.807, 2.05) is 30.3 Å². The summed E-state index contributed by atoms with van der Waals surface area (Å²) in [6.45, 7) is 0.255. The number of amides is 1. The summed E-state index contributed by atoms with van der Waals surface area (Å²) < 4.78 is 20.1. The van der Waals surface area contributed by atoms with E-state index < -0.39 is 0 Å². The second kappa shape index (κ2) is 8.83. The minimum Gasteiger partial charge on any atom is -0.347 e. The Bertz CT molecular complexity index is 1400. The summed E-state index contributed by atoms with van der Waals surface area (Å²) >= 11 is 0. The third kappa shape index (κ3) is 4.38. The van der Waals surface area contributed by atoms with Crippen molar-refractivity contribution in [2.75, 3.05) is 0 Å². The lowest BCUT2D eigenvalue weighted by molar-refractivity contribution is 0.0946. The summed E-state index contributed by atoms with van der Waals surface area (Å²) in [5.74, 6) is 0.567. The van der Waals surface area contributed by atoms with Gasteiger partial charge in [-0.1, -0.05) is 47.6 Å². The second-order valence-corrected chi connectivity index (χ2v) is 7.14. The first-order valence-electron chi connectivity index (χ1n) is 10.1. The lowest BCUT2D eigenvalue weighted by Gasteiger charge is -2.05. The second-order valence-electron chi connectivity index (χ2n) is 7.14. The van der Waals surface area contributed by atoms with Crippen molar-refractivity contribution in [1.82, 2.24) is 30.0 Å². The highest BCUT2D eigenvalue weighted by Gasteiger charge is 2.18. The van der Waals surface area contributed by atoms with Crippen LogP contribution in [0.25, 0.3) is 28.7 Å². The van der Waals surface area contributed by atoms with Crippen LogP contribution < -0.4 is 5.32 Å². The quantitative estimate of drug-likeness (QED) is 0.428. The van der Waals surface area contributed by atoms with Gasteiger partial charge in [0.15, 0.2) is 5.82 Å². The Morgan fingerprint density at radius 3 is 2.64 bits per heavy atom. The van der Waals surface area contributed by atoms with Crippen LogP contribution in [0, 0.1) is 5.82 Å². The SMILES string of the molecule is O=C(NCc1ccc(F)cc1)c1cn(-c2ncccc2-c2nc(-c3ccccc3)no2)cn1. The summed E-state index contributed by atoms with van der Waals surface area (Å²) in [5.41, 5.74) is 2.43. The van der Waals surface area contributed by atoms with Crippen molar-refractivity contribution in [3.05, 3.63) is 103 Å². The largest absolute Gasteiger partial charge is 0.347 e. The first kappa shape index (κ1) is 20.3. The topological polar surface area (TPSA) is 98.7 Å². The molecular weight excluding hydrogens is 423 g/mol. The molecule has 0 saturated heterocycles. The van der Waals surface area contributed by atoms with Gasteiger partial charge in [0.2, 0.25) is 5.82 Å². The number of aromatic nitrogens is 5. The highest BCUT2D eigenvalue weighted by molar-refractivity contribution is 5.92. The molecule has 0 spiro atoms. The van der Waals surface area contributed by atoms with Crippen LogP contribution in [0.5, 0.6) is 0 Å². The zero-order chi connectivity index (χ0) is 22.6. The summed E-state index contributed by atoms with van der Waals surface area (Å²) in [5, 5.41) is 6.83. The standard InChI is InChI=1S/C24H17FN6O2/c25-18-10-8-16(9-11-18)13-27-23(32)20-14-31(15-28-20)22-19(7-4-12-26-22)24-29-21(30-33-24)17-5-2-1-3-6-17/h1-12,14-15H,13H2,(H,27,32). The van der Waals surface area contributed by atoms with Crippen molar-refractivity contribution >= 4 is 5.91 Å². The van der Waals surface area contributed by atoms with E-state index >= 15 is 0 Å². The van der Waals surface area contributed by atoms with E-state index in [-0.39, 0.29) is 24.0 Å². The van der Waals surface area contributed by atoms with Crippen molar-refractivity contribution in [1.29, 1.82) is 0 Å². The van der Waals surface area contributed by atoms with E-state index in [0.717, 1.165) is 11.1 Å². The van der Waals surface area contributed by atoms with E-state index in [2.05, 4.69) is 25.4 Å². The fourth-order valence-electron chi connectivity index (χ4n) is 3.24. The third-order valence-electron chi connectivity index (χ3n) is 4.90. The Morgan fingerprint density at radius 1 is 1.00 bits per heavy atom. The predicted molar refractivity (Wildman–Crippen MR) is 118 cm³/mol. The zero-order valence-corrected chi connectivity index (χ0v) is 17.2. The number of imidazole rings is 1. The Hall–Kier alpha value is -4.66. The third-order valence-corrected chi connectivity index (χ3v) is 4.90. The van der Waals surface area contributed by atoms with Gasteiger partial charge in [0.05, 0.1) is 5.56 Å². The molecule has 5 aromatic rings. The van der Waals surface area contributed by atoms with Gasteiger partial charge in [0.25, 0.3) is 11.8 Å². The van der Waals surface area contributed by atoms with Crippen molar-refractivity contribution in [3.8, 4) is 28.7 Å². The normalized spacial score (nSPS) is 10.8. The highest BCUT2D eigenvalue weighted by Crippen LogP contribution is 2.26. The number of hydrogen-bond donors (Lipinski definition) is 1. The van der Waals surface area contributed by atoms with Crippen LogP contribution in [0.2, 0.25) is 0 Å². The number of rotatable bonds is 6. The van der Waals surface area contributed by atoms with Gasteiger partial charge < -0.3 is 9.84 Å². The molecule has 1 N–H and O–H groups in total. The molecule has 0 fully saturated rings. The van der Waals surface area contributed by atoms with E-state index in [0.29, 0.717) is 23.1 Å². The average Bonchev–Trinajstić information content (AvgIpc) is 3.55. The van der Waals surface area contributed by atoms with Crippen molar-refractivity contribution < 1.29 is 13.7 Å². The average molecular weight is 440 g/mol. The van der Waals surface area contributed by atoms with Crippen LogP contribution in [0.3, 0.4) is 0 Å². The molecule has 0 saturated carbocycles. The Labute approximate surface area is 187 Å². The molecule has 0 atom stereocenters. The van der Waals surface area contributed by atoms with Crippen molar-refractivity contribution in [3.63, 3.8) is 0 Å². The van der Waals surface area contributed by atoms with Crippen LogP contribution in [-0.4, -0.2) is 30.6 Å². The van der Waals surface area contributed by atoms with E-state index in [1.165, 1.54) is 18.5 Å². The van der Waals surface area contributed by atoms with Crippen LogP contribution >= 0.6 is 0 Å². The van der Waals surface area contributed by atoms with Gasteiger partial charge in [0.1, 0.15) is 17.8 Å². The lowest BCUT2D eigenvalue weighted by Crippen LogP contribution is -2.23. The molecule has 0 bridgehead atoms. The van der Waals surface area contributed by atoms with E-state index in [1.54, 1.807) is 41.2 Å². The predicted octanol–water partition coefficient (Wildman–Crippen LogP) is 4.05. The molecule has 2 aromatic carbocycles. The number of nitrogens with zero attached hydrogens (tertiary/aromatic N) is 5. The number of benzene rings is 2. The molecule has 3 aromatic heterocycles. The maximum absolute atomic E-state index is 13.0. The minimum atomic E-state index is -0.361. The zero-order valence-electron chi connectivity index (χ0n) is 17.2.